The number of alkyl halides is 2. The van der Waals surface area contributed by atoms with E-state index in [1.54, 1.807) is 18.2 Å². The zero-order valence-electron chi connectivity index (χ0n) is 16.7. The van der Waals surface area contributed by atoms with Crippen LogP contribution in [0.4, 0.5) is 8.78 Å². The van der Waals surface area contributed by atoms with Gasteiger partial charge < -0.3 is 24.3 Å². The number of hydrogen-bond donors (Lipinski definition) is 1. The van der Waals surface area contributed by atoms with Gasteiger partial charge in [-0.1, -0.05) is 25.5 Å². The number of carbonyl (C=O) groups excluding carboxylic acids is 1. The third-order valence-corrected chi connectivity index (χ3v) is 4.09. The van der Waals surface area contributed by atoms with Crippen LogP contribution < -0.4 is 24.3 Å². The van der Waals surface area contributed by atoms with Crippen molar-refractivity contribution < 1.29 is 32.5 Å². The Morgan fingerprint density at radius 2 is 1.83 bits per heavy atom. The molecule has 0 aliphatic carbocycles. The summed E-state index contributed by atoms with van der Waals surface area (Å²) < 4.78 is 46.0. The number of amides is 1. The minimum atomic E-state index is -3.08. The number of para-hydroxylation sites is 1. The summed E-state index contributed by atoms with van der Waals surface area (Å²) in [4.78, 5) is 12.5. The smallest absolute Gasteiger partial charge is 0.387 e. The van der Waals surface area contributed by atoms with Crippen LogP contribution in [0.5, 0.6) is 23.0 Å². The molecule has 1 N–H and O–H groups in total. The van der Waals surface area contributed by atoms with Gasteiger partial charge in [-0.2, -0.15) is 8.78 Å². The monoisotopic (exact) mass is 409 g/mol. The van der Waals surface area contributed by atoms with Crippen molar-refractivity contribution >= 4 is 5.91 Å². The lowest BCUT2D eigenvalue weighted by molar-refractivity contribution is -0.0515. The molecule has 6 nitrogen and oxygen atoms in total. The molecule has 0 aromatic heterocycles. The van der Waals surface area contributed by atoms with Gasteiger partial charge in [-0.15, -0.1) is 0 Å². The van der Waals surface area contributed by atoms with Gasteiger partial charge in [0.05, 0.1) is 26.4 Å². The number of hydrogen-bond acceptors (Lipinski definition) is 5. The Hall–Kier alpha value is -3.03. The van der Waals surface area contributed by atoms with E-state index in [2.05, 4.69) is 17.0 Å². The Morgan fingerprint density at radius 1 is 1.07 bits per heavy atom. The van der Waals surface area contributed by atoms with Crippen LogP contribution in [0.15, 0.2) is 36.4 Å². The molecule has 158 valence electrons. The number of nitrogens with one attached hydrogen (secondary N) is 1. The summed E-state index contributed by atoms with van der Waals surface area (Å²) in [6, 6.07) is 9.68. The molecule has 0 aliphatic heterocycles. The lowest BCUT2D eigenvalue weighted by atomic mass is 10.1. The Balaban J connectivity index is 2.11. The van der Waals surface area contributed by atoms with E-state index in [9.17, 15) is 13.6 Å². The molecular formula is C21H25F2NO5. The number of unbranched alkanes of at least 4 members (excludes halogenated alkanes) is 1. The Bertz CT molecular complexity index is 814. The van der Waals surface area contributed by atoms with Gasteiger partial charge in [-0.05, 0) is 36.2 Å². The van der Waals surface area contributed by atoms with E-state index < -0.39 is 12.5 Å². The van der Waals surface area contributed by atoms with Crippen molar-refractivity contribution in [3.05, 3.63) is 47.5 Å². The van der Waals surface area contributed by atoms with Crippen molar-refractivity contribution in [3.8, 4) is 23.0 Å². The first-order valence-corrected chi connectivity index (χ1v) is 9.19. The number of ether oxygens (including phenoxy) is 4. The van der Waals surface area contributed by atoms with Crippen LogP contribution in [0.2, 0.25) is 0 Å². The highest BCUT2D eigenvalue weighted by Gasteiger charge is 2.20. The number of benzene rings is 2. The van der Waals surface area contributed by atoms with Crippen LogP contribution in [-0.4, -0.2) is 33.3 Å². The maximum Gasteiger partial charge on any atom is 0.387 e. The number of methoxy groups -OCH3 is 2. The molecule has 0 unspecified atom stereocenters. The largest absolute Gasteiger partial charge is 0.493 e. The highest BCUT2D eigenvalue weighted by molar-refractivity contribution is 5.97. The van der Waals surface area contributed by atoms with E-state index in [0.29, 0.717) is 18.1 Å². The zero-order valence-corrected chi connectivity index (χ0v) is 16.7. The SMILES string of the molecule is CCCCOc1ccc(CNC(=O)c2cccc(OC)c2OC(F)F)cc1OC. The molecule has 0 fully saturated rings. The maximum absolute atomic E-state index is 12.7. The van der Waals surface area contributed by atoms with Gasteiger partial charge in [-0.25, -0.2) is 0 Å². The predicted molar refractivity (Wildman–Crippen MR) is 104 cm³/mol. The van der Waals surface area contributed by atoms with Crippen LogP contribution in [0.1, 0.15) is 35.7 Å². The summed E-state index contributed by atoms with van der Waals surface area (Å²) in [6.07, 6.45) is 1.96. The lowest BCUT2D eigenvalue weighted by Gasteiger charge is -2.15. The van der Waals surface area contributed by atoms with Crippen LogP contribution in [0.3, 0.4) is 0 Å². The highest BCUT2D eigenvalue weighted by Crippen LogP contribution is 2.32. The molecule has 0 radical (unpaired) electrons. The van der Waals surface area contributed by atoms with Crippen molar-refractivity contribution in [1.82, 2.24) is 5.32 Å². The first kappa shape index (κ1) is 22.3. The number of halogens is 2. The molecule has 8 heteroatoms. The fraction of sp³-hybridized carbons (Fsp3) is 0.381. The second-order valence-electron chi connectivity index (χ2n) is 6.09. The van der Waals surface area contributed by atoms with Gasteiger partial charge in [0.25, 0.3) is 5.91 Å². The molecule has 1 amide bonds. The van der Waals surface area contributed by atoms with Crippen molar-refractivity contribution in [3.63, 3.8) is 0 Å². The molecule has 2 aromatic rings. The summed E-state index contributed by atoms with van der Waals surface area (Å²) >= 11 is 0. The van der Waals surface area contributed by atoms with E-state index in [-0.39, 0.29) is 23.6 Å². The standard InChI is InChI=1S/C21H25F2NO5/c1-4-5-11-28-16-10-9-14(12-18(16)27-3)13-24-20(25)15-7-6-8-17(26-2)19(15)29-21(22)23/h6-10,12,21H,4-5,11,13H2,1-3H3,(H,24,25). The normalized spacial score (nSPS) is 10.6. The Morgan fingerprint density at radius 3 is 2.48 bits per heavy atom. The average molecular weight is 409 g/mol. The quantitative estimate of drug-likeness (QED) is 0.557. The van der Waals surface area contributed by atoms with Crippen LogP contribution >= 0.6 is 0 Å². The van der Waals surface area contributed by atoms with Gasteiger partial charge in [0.15, 0.2) is 23.0 Å². The topological polar surface area (TPSA) is 66.0 Å². The fourth-order valence-corrected chi connectivity index (χ4v) is 2.61. The van der Waals surface area contributed by atoms with Crippen LogP contribution in [0.25, 0.3) is 0 Å². The van der Waals surface area contributed by atoms with E-state index >= 15 is 0 Å². The second kappa shape index (κ2) is 11.1. The summed E-state index contributed by atoms with van der Waals surface area (Å²) in [5, 5.41) is 2.69. The molecule has 0 saturated carbocycles. The molecule has 0 atom stereocenters. The van der Waals surface area contributed by atoms with Crippen molar-refractivity contribution in [2.75, 3.05) is 20.8 Å². The van der Waals surface area contributed by atoms with Gasteiger partial charge in [-0.3, -0.25) is 4.79 Å². The second-order valence-corrected chi connectivity index (χ2v) is 6.09. The summed E-state index contributed by atoms with van der Waals surface area (Å²) in [5.41, 5.74) is 0.716. The average Bonchev–Trinajstić information content (AvgIpc) is 2.72. The highest BCUT2D eigenvalue weighted by atomic mass is 19.3. The summed E-state index contributed by atoms with van der Waals surface area (Å²) in [5.74, 6) is 0.349. The molecule has 29 heavy (non-hydrogen) atoms. The lowest BCUT2D eigenvalue weighted by Crippen LogP contribution is -2.24. The van der Waals surface area contributed by atoms with E-state index in [4.69, 9.17) is 14.2 Å². The molecule has 0 saturated heterocycles. The van der Waals surface area contributed by atoms with Gasteiger partial charge in [0.2, 0.25) is 0 Å². The third kappa shape index (κ3) is 6.23. The van der Waals surface area contributed by atoms with Crippen molar-refractivity contribution in [2.24, 2.45) is 0 Å². The number of carbonyl (C=O) groups is 1. The minimum absolute atomic E-state index is 0.0452. The number of rotatable bonds is 11. The molecule has 2 aromatic carbocycles. The van der Waals surface area contributed by atoms with Crippen molar-refractivity contribution in [2.45, 2.75) is 32.9 Å². The molecule has 0 spiro atoms. The third-order valence-electron chi connectivity index (χ3n) is 4.09. The van der Waals surface area contributed by atoms with E-state index in [0.717, 1.165) is 18.4 Å². The fourth-order valence-electron chi connectivity index (χ4n) is 2.61. The maximum atomic E-state index is 12.7. The van der Waals surface area contributed by atoms with Gasteiger partial charge >= 0.3 is 6.61 Å². The first-order valence-electron chi connectivity index (χ1n) is 9.19. The summed E-state index contributed by atoms with van der Waals surface area (Å²) in [7, 11) is 2.85. The van der Waals surface area contributed by atoms with Gasteiger partial charge in [0, 0.05) is 6.54 Å². The van der Waals surface area contributed by atoms with Gasteiger partial charge in [0.1, 0.15) is 0 Å². The van der Waals surface area contributed by atoms with Crippen LogP contribution in [-0.2, 0) is 6.54 Å². The zero-order chi connectivity index (χ0) is 21.2. The van der Waals surface area contributed by atoms with Crippen molar-refractivity contribution in [1.29, 1.82) is 0 Å². The van der Waals surface area contributed by atoms with E-state index in [1.165, 1.54) is 32.4 Å². The molecule has 2 rings (SSSR count). The molecule has 0 aliphatic rings. The molecule has 0 bridgehead atoms. The Labute approximate surface area is 168 Å². The van der Waals surface area contributed by atoms with Crippen LogP contribution in [0, 0.1) is 0 Å². The predicted octanol–water partition coefficient (Wildman–Crippen LogP) is 4.41. The summed E-state index contributed by atoms with van der Waals surface area (Å²) in [6.45, 7) is -0.254. The van der Waals surface area contributed by atoms with E-state index in [1.807, 2.05) is 0 Å². The molecule has 0 heterocycles. The first-order chi connectivity index (χ1) is 14.0. The Kier molecular flexibility index (Phi) is 8.51. The molecular weight excluding hydrogens is 384 g/mol. The minimum Gasteiger partial charge on any atom is -0.493 e.